The molecule has 4 heteroatoms. The molecule has 0 saturated carbocycles. The third kappa shape index (κ3) is 5.52. The van der Waals surface area contributed by atoms with Gasteiger partial charge in [-0.25, -0.2) is 0 Å². The van der Waals surface area contributed by atoms with E-state index < -0.39 is 11.9 Å². The highest BCUT2D eigenvalue weighted by molar-refractivity contribution is 5.89. The molecule has 0 aliphatic rings. The lowest BCUT2D eigenvalue weighted by molar-refractivity contribution is -0.143. The molecular weight excluding hydrogens is 218 g/mol. The van der Waals surface area contributed by atoms with Crippen molar-refractivity contribution in [1.82, 2.24) is 4.90 Å². The van der Waals surface area contributed by atoms with Crippen LogP contribution >= 0.6 is 0 Å². The third-order valence-corrected chi connectivity index (χ3v) is 2.37. The van der Waals surface area contributed by atoms with E-state index in [1.165, 1.54) is 0 Å². The van der Waals surface area contributed by atoms with E-state index in [4.69, 9.17) is 5.11 Å². The summed E-state index contributed by atoms with van der Waals surface area (Å²) < 4.78 is 0. The van der Waals surface area contributed by atoms with Gasteiger partial charge in [-0.1, -0.05) is 12.5 Å². The smallest absolute Gasteiger partial charge is 0.308 e. The number of allylic oxidation sites excluding steroid dienone is 1. The quantitative estimate of drug-likeness (QED) is 0.768. The van der Waals surface area contributed by atoms with Crippen LogP contribution in [0.15, 0.2) is 11.6 Å². The molecule has 0 fully saturated rings. The number of hydrogen-bond donors (Lipinski definition) is 1. The van der Waals surface area contributed by atoms with Gasteiger partial charge in [-0.3, -0.25) is 9.59 Å². The highest BCUT2D eigenvalue weighted by Gasteiger charge is 2.28. The zero-order valence-electron chi connectivity index (χ0n) is 11.6. The van der Waals surface area contributed by atoms with Gasteiger partial charge in [0.2, 0.25) is 5.91 Å². The average molecular weight is 241 g/mol. The van der Waals surface area contributed by atoms with Crippen LogP contribution in [0.3, 0.4) is 0 Å². The minimum absolute atomic E-state index is 0.134. The van der Waals surface area contributed by atoms with Crippen LogP contribution in [-0.4, -0.2) is 34.0 Å². The molecule has 0 spiro atoms. The topological polar surface area (TPSA) is 57.6 Å². The highest BCUT2D eigenvalue weighted by atomic mass is 16.4. The van der Waals surface area contributed by atoms with Gasteiger partial charge >= 0.3 is 5.97 Å². The number of aliphatic carboxylic acids is 1. The second-order valence-electron chi connectivity index (χ2n) is 5.58. The molecule has 0 saturated heterocycles. The first kappa shape index (κ1) is 15.7. The fourth-order valence-electron chi connectivity index (χ4n) is 1.37. The molecule has 0 aliphatic heterocycles. The molecule has 98 valence electrons. The number of carbonyl (C=O) groups excluding carboxylic acids is 1. The number of carbonyl (C=O) groups is 2. The van der Waals surface area contributed by atoms with Crippen molar-refractivity contribution < 1.29 is 14.7 Å². The van der Waals surface area contributed by atoms with E-state index in [2.05, 4.69) is 0 Å². The summed E-state index contributed by atoms with van der Waals surface area (Å²) in [6.07, 6.45) is 1.54. The molecule has 0 heterocycles. The molecule has 1 atom stereocenters. The van der Waals surface area contributed by atoms with Crippen molar-refractivity contribution in [3.05, 3.63) is 11.6 Å². The van der Waals surface area contributed by atoms with Gasteiger partial charge in [-0.05, 0) is 34.6 Å². The van der Waals surface area contributed by atoms with Crippen molar-refractivity contribution in [2.45, 2.75) is 47.1 Å². The van der Waals surface area contributed by atoms with Crippen LogP contribution in [0.25, 0.3) is 0 Å². The van der Waals surface area contributed by atoms with Gasteiger partial charge in [-0.2, -0.15) is 0 Å². The maximum Gasteiger partial charge on any atom is 0.308 e. The number of amides is 1. The Bertz CT molecular complexity index is 322. The van der Waals surface area contributed by atoms with Crippen LogP contribution in [0.5, 0.6) is 0 Å². The summed E-state index contributed by atoms with van der Waals surface area (Å²) in [5, 5.41) is 8.91. The molecule has 0 bridgehead atoms. The maximum atomic E-state index is 12.0. The van der Waals surface area contributed by atoms with Crippen LogP contribution in [0.2, 0.25) is 0 Å². The number of rotatable bonds is 4. The fourth-order valence-corrected chi connectivity index (χ4v) is 1.37. The number of nitrogens with zero attached hydrogens (tertiary/aromatic N) is 1. The lowest BCUT2D eigenvalue weighted by Gasteiger charge is -2.36. The molecule has 0 aliphatic carbocycles. The molecule has 4 nitrogen and oxygen atoms in total. The summed E-state index contributed by atoms with van der Waals surface area (Å²) >= 11 is 0. The first-order valence-corrected chi connectivity index (χ1v) is 5.75. The minimum Gasteiger partial charge on any atom is -0.481 e. The van der Waals surface area contributed by atoms with Crippen LogP contribution in [-0.2, 0) is 9.59 Å². The molecule has 0 aromatic rings. The first-order valence-electron chi connectivity index (χ1n) is 5.75. The average Bonchev–Trinajstić information content (AvgIpc) is 2.09. The second kappa shape index (κ2) is 5.84. The van der Waals surface area contributed by atoms with Crippen molar-refractivity contribution in [2.24, 2.45) is 5.92 Å². The lowest BCUT2D eigenvalue weighted by Crippen LogP contribution is -2.48. The normalized spacial score (nSPS) is 12.8. The van der Waals surface area contributed by atoms with Crippen molar-refractivity contribution in [3.63, 3.8) is 0 Å². The van der Waals surface area contributed by atoms with Crippen LogP contribution < -0.4 is 0 Å². The van der Waals surface area contributed by atoms with E-state index in [9.17, 15) is 9.59 Å². The Labute approximate surface area is 103 Å². The van der Waals surface area contributed by atoms with Gasteiger partial charge in [0.1, 0.15) is 0 Å². The molecular formula is C13H23NO3. The van der Waals surface area contributed by atoms with Gasteiger partial charge in [0, 0.05) is 18.2 Å². The Hall–Kier alpha value is -1.32. The van der Waals surface area contributed by atoms with Gasteiger partial charge in [-0.15, -0.1) is 0 Å². The molecule has 1 unspecified atom stereocenters. The first-order chi connectivity index (χ1) is 7.55. The minimum atomic E-state index is -0.885. The van der Waals surface area contributed by atoms with Gasteiger partial charge in [0.25, 0.3) is 0 Å². The largest absolute Gasteiger partial charge is 0.481 e. The lowest BCUT2D eigenvalue weighted by atomic mass is 10.0. The summed E-state index contributed by atoms with van der Waals surface area (Å²) in [7, 11) is 0. The van der Waals surface area contributed by atoms with Crippen molar-refractivity contribution in [2.75, 3.05) is 6.54 Å². The number of carboxylic acids is 1. The summed E-state index contributed by atoms with van der Waals surface area (Å²) in [5.74, 6) is -1.58. The third-order valence-electron chi connectivity index (χ3n) is 2.37. The Morgan fingerprint density at radius 1 is 1.29 bits per heavy atom. The van der Waals surface area contributed by atoms with E-state index >= 15 is 0 Å². The predicted octanol–water partition coefficient (Wildman–Crippen LogP) is 2.30. The Kier molecular flexibility index (Phi) is 5.39. The Morgan fingerprint density at radius 2 is 1.76 bits per heavy atom. The van der Waals surface area contributed by atoms with E-state index in [0.29, 0.717) is 0 Å². The van der Waals surface area contributed by atoms with Crippen LogP contribution in [0.4, 0.5) is 0 Å². The van der Waals surface area contributed by atoms with Crippen LogP contribution in [0, 0.1) is 5.92 Å². The molecule has 0 aromatic carbocycles. The van der Waals surface area contributed by atoms with Gasteiger partial charge < -0.3 is 10.0 Å². The van der Waals surface area contributed by atoms with E-state index in [0.717, 1.165) is 5.57 Å². The van der Waals surface area contributed by atoms with Crippen molar-refractivity contribution in [1.29, 1.82) is 0 Å². The number of hydrogen-bond acceptors (Lipinski definition) is 2. The van der Waals surface area contributed by atoms with Crippen molar-refractivity contribution in [3.8, 4) is 0 Å². The summed E-state index contributed by atoms with van der Waals surface area (Å²) in [5.41, 5.74) is 0.527. The Balaban J connectivity index is 4.98. The van der Waals surface area contributed by atoms with Gasteiger partial charge in [0.15, 0.2) is 0 Å². The predicted molar refractivity (Wildman–Crippen MR) is 67.7 cm³/mol. The SMILES string of the molecule is CC(C)=CC(=O)N(CC(C)C(=O)O)C(C)(C)C. The molecule has 1 N–H and O–H groups in total. The van der Waals surface area contributed by atoms with E-state index in [-0.39, 0.29) is 18.0 Å². The Morgan fingerprint density at radius 3 is 2.06 bits per heavy atom. The zero-order chi connectivity index (χ0) is 13.8. The zero-order valence-corrected chi connectivity index (χ0v) is 11.6. The standard InChI is InChI=1S/C13H23NO3/c1-9(2)7-11(15)14(13(4,5)6)8-10(3)12(16)17/h7,10H,8H2,1-6H3,(H,16,17). The van der Waals surface area contributed by atoms with Gasteiger partial charge in [0.05, 0.1) is 5.92 Å². The fraction of sp³-hybridized carbons (Fsp3) is 0.692. The van der Waals surface area contributed by atoms with Crippen LogP contribution in [0.1, 0.15) is 41.5 Å². The summed E-state index contributed by atoms with van der Waals surface area (Å²) in [6, 6.07) is 0. The monoisotopic (exact) mass is 241 g/mol. The van der Waals surface area contributed by atoms with E-state index in [1.807, 2.05) is 34.6 Å². The highest BCUT2D eigenvalue weighted by Crippen LogP contribution is 2.17. The molecule has 1 amide bonds. The number of carboxylic acid groups (broad SMARTS) is 1. The van der Waals surface area contributed by atoms with Crippen molar-refractivity contribution >= 4 is 11.9 Å². The molecule has 17 heavy (non-hydrogen) atoms. The maximum absolute atomic E-state index is 12.0. The molecule has 0 aromatic heterocycles. The second-order valence-corrected chi connectivity index (χ2v) is 5.58. The summed E-state index contributed by atoms with van der Waals surface area (Å²) in [4.78, 5) is 24.5. The molecule has 0 rings (SSSR count). The summed E-state index contributed by atoms with van der Waals surface area (Å²) in [6.45, 7) is 11.2. The molecule has 0 radical (unpaired) electrons. The van der Waals surface area contributed by atoms with E-state index in [1.54, 1.807) is 17.9 Å².